The van der Waals surface area contributed by atoms with Crippen molar-refractivity contribution in [2.75, 3.05) is 13.1 Å². The predicted molar refractivity (Wildman–Crippen MR) is 106 cm³/mol. The lowest BCUT2D eigenvalue weighted by Crippen LogP contribution is -2.37. The molecule has 3 aromatic heterocycles. The number of aromatic amines is 1. The third-order valence-electron chi connectivity index (χ3n) is 5.93. The van der Waals surface area contributed by atoms with Crippen molar-refractivity contribution in [2.24, 2.45) is 0 Å². The van der Waals surface area contributed by atoms with Crippen LogP contribution in [0.15, 0.2) is 24.5 Å². The monoisotopic (exact) mass is 397 g/mol. The normalized spacial score (nSPS) is 21.3. The number of ether oxygens (including phenoxy) is 1. The smallest absolute Gasteiger partial charge is 0.410 e. The van der Waals surface area contributed by atoms with Gasteiger partial charge in [0.05, 0.1) is 16.6 Å². The summed E-state index contributed by atoms with van der Waals surface area (Å²) in [5.41, 5.74) is 1.91. The first-order valence-corrected chi connectivity index (χ1v) is 9.94. The summed E-state index contributed by atoms with van der Waals surface area (Å²) >= 11 is 0. The van der Waals surface area contributed by atoms with E-state index in [2.05, 4.69) is 15.1 Å². The first kappa shape index (κ1) is 18.1. The first-order chi connectivity index (χ1) is 13.8. The lowest BCUT2D eigenvalue weighted by molar-refractivity contribution is 0.0284. The predicted octanol–water partition coefficient (Wildman–Crippen LogP) is 3.85. The maximum Gasteiger partial charge on any atom is 0.410 e. The zero-order valence-electron chi connectivity index (χ0n) is 16.8. The molecule has 5 heterocycles. The third-order valence-corrected chi connectivity index (χ3v) is 5.93. The van der Waals surface area contributed by atoms with Crippen molar-refractivity contribution in [3.8, 4) is 11.3 Å². The Bertz CT molecular complexity index is 1110. The van der Waals surface area contributed by atoms with Gasteiger partial charge in [0.25, 0.3) is 0 Å². The number of halogens is 1. The molecule has 1 amide bonds. The minimum atomic E-state index is -0.515. The Morgan fingerprint density at radius 3 is 2.90 bits per heavy atom. The number of fused-ring (bicyclic) bond motifs is 3. The van der Waals surface area contributed by atoms with Crippen LogP contribution in [0.4, 0.5) is 9.18 Å². The summed E-state index contributed by atoms with van der Waals surface area (Å²) < 4.78 is 22.5. The minimum Gasteiger partial charge on any atom is -0.444 e. The summed E-state index contributed by atoms with van der Waals surface area (Å²) in [6.07, 6.45) is 4.71. The molecule has 1 saturated heterocycles. The van der Waals surface area contributed by atoms with Gasteiger partial charge in [-0.1, -0.05) is 0 Å². The number of H-pyrrole nitrogens is 1. The quantitative estimate of drug-likeness (QED) is 0.677. The van der Waals surface area contributed by atoms with Crippen molar-refractivity contribution in [3.05, 3.63) is 36.0 Å². The van der Waals surface area contributed by atoms with Crippen LogP contribution in [-0.2, 0) is 16.7 Å². The zero-order valence-corrected chi connectivity index (χ0v) is 16.8. The van der Waals surface area contributed by atoms with E-state index < -0.39 is 5.60 Å². The van der Waals surface area contributed by atoms with E-state index in [0.717, 1.165) is 25.1 Å². The molecule has 5 rings (SSSR count). The second-order valence-corrected chi connectivity index (χ2v) is 9.05. The maximum absolute atomic E-state index is 15.0. The zero-order chi connectivity index (χ0) is 20.4. The molecule has 0 bridgehead atoms. The van der Waals surface area contributed by atoms with Crippen LogP contribution in [0.1, 0.15) is 39.3 Å². The third kappa shape index (κ3) is 2.89. The average Bonchev–Trinajstić information content (AvgIpc) is 3.40. The number of aryl methyl sites for hydroxylation is 1. The fourth-order valence-electron chi connectivity index (χ4n) is 4.52. The summed E-state index contributed by atoms with van der Waals surface area (Å²) in [6, 6.07) is 3.65. The number of nitrogens with zero attached hydrogens (tertiary/aromatic N) is 4. The molecule has 0 aliphatic carbocycles. The highest BCUT2D eigenvalue weighted by Crippen LogP contribution is 2.44. The molecule has 7 nitrogen and oxygen atoms in total. The van der Waals surface area contributed by atoms with Gasteiger partial charge >= 0.3 is 6.09 Å². The fraction of sp³-hybridized carbons (Fsp3) is 0.476. The molecule has 1 atom stereocenters. The van der Waals surface area contributed by atoms with Crippen LogP contribution in [0.25, 0.3) is 22.3 Å². The Morgan fingerprint density at radius 1 is 1.31 bits per heavy atom. The molecule has 3 aromatic rings. The molecule has 8 heteroatoms. The van der Waals surface area contributed by atoms with Gasteiger partial charge in [-0.2, -0.15) is 5.10 Å². The highest BCUT2D eigenvalue weighted by Gasteiger charge is 2.47. The summed E-state index contributed by atoms with van der Waals surface area (Å²) in [5.74, 6) is -0.316. The van der Waals surface area contributed by atoms with Crippen LogP contribution in [0.2, 0.25) is 0 Å². The van der Waals surface area contributed by atoms with Gasteiger partial charge in [-0.05, 0) is 45.7 Å². The summed E-state index contributed by atoms with van der Waals surface area (Å²) in [6.45, 7) is 7.64. The molecular weight excluding hydrogens is 373 g/mol. The second kappa shape index (κ2) is 6.05. The molecule has 1 N–H and O–H groups in total. The van der Waals surface area contributed by atoms with E-state index in [-0.39, 0.29) is 17.3 Å². The summed E-state index contributed by atoms with van der Waals surface area (Å²) in [5, 5.41) is 5.11. The van der Waals surface area contributed by atoms with Crippen LogP contribution < -0.4 is 0 Å². The van der Waals surface area contributed by atoms with Gasteiger partial charge in [-0.15, -0.1) is 0 Å². The van der Waals surface area contributed by atoms with Gasteiger partial charge in [-0.3, -0.25) is 4.68 Å². The number of pyridine rings is 1. The molecule has 29 heavy (non-hydrogen) atoms. The molecular formula is C21H24FN5O2. The molecule has 2 aliphatic heterocycles. The number of likely N-dealkylation sites (tertiary alicyclic amines) is 1. The summed E-state index contributed by atoms with van der Waals surface area (Å²) in [4.78, 5) is 21.5. The van der Waals surface area contributed by atoms with E-state index >= 15 is 0 Å². The van der Waals surface area contributed by atoms with Gasteiger partial charge in [-0.25, -0.2) is 14.2 Å². The van der Waals surface area contributed by atoms with Gasteiger partial charge in [0.1, 0.15) is 17.1 Å². The van der Waals surface area contributed by atoms with Crippen LogP contribution >= 0.6 is 0 Å². The number of carbonyl (C=O) groups is 1. The number of rotatable bonds is 1. The van der Waals surface area contributed by atoms with E-state index in [0.29, 0.717) is 35.4 Å². The number of nitrogens with one attached hydrogen (secondary N) is 1. The number of amides is 1. The molecule has 0 aromatic carbocycles. The molecule has 0 saturated carbocycles. The Hall–Kier alpha value is -2.90. The number of hydrogen-bond donors (Lipinski definition) is 1. The largest absolute Gasteiger partial charge is 0.444 e. The van der Waals surface area contributed by atoms with Gasteiger partial charge < -0.3 is 14.6 Å². The average molecular weight is 397 g/mol. The lowest BCUT2D eigenvalue weighted by Gasteiger charge is -2.26. The van der Waals surface area contributed by atoms with Crippen molar-refractivity contribution < 1.29 is 13.9 Å². The Kier molecular flexibility index (Phi) is 3.78. The molecule has 1 unspecified atom stereocenters. The van der Waals surface area contributed by atoms with Crippen molar-refractivity contribution >= 4 is 17.1 Å². The SMILES string of the molecule is CC(C)(C)OC(=O)N1CCC2(CCn3nc(-c4cnc5[nH]ccc5c4F)cc32)C1. The van der Waals surface area contributed by atoms with Crippen LogP contribution in [0, 0.1) is 5.82 Å². The Morgan fingerprint density at radius 2 is 2.10 bits per heavy atom. The van der Waals surface area contributed by atoms with Crippen molar-refractivity contribution in [3.63, 3.8) is 0 Å². The van der Waals surface area contributed by atoms with E-state index in [1.807, 2.05) is 31.5 Å². The van der Waals surface area contributed by atoms with Crippen molar-refractivity contribution in [1.29, 1.82) is 0 Å². The molecule has 1 spiro atoms. The Labute approximate surface area is 167 Å². The standard InChI is InChI=1S/C21H24FN5O2/c1-20(2,3)29-19(28)26-8-5-21(12-26)6-9-27-16(21)10-15(25-27)14-11-24-18-13(17(14)22)4-7-23-18/h4,7,10-11H,5-6,8-9,12H2,1-3H3,(H,23,24). The molecule has 1 fully saturated rings. The lowest BCUT2D eigenvalue weighted by atomic mass is 9.82. The van der Waals surface area contributed by atoms with E-state index in [1.54, 1.807) is 17.2 Å². The van der Waals surface area contributed by atoms with E-state index in [1.165, 1.54) is 6.20 Å². The van der Waals surface area contributed by atoms with Crippen molar-refractivity contribution in [2.45, 2.75) is 51.2 Å². The van der Waals surface area contributed by atoms with Crippen LogP contribution in [0.3, 0.4) is 0 Å². The number of hydrogen-bond acceptors (Lipinski definition) is 4. The number of aromatic nitrogens is 4. The van der Waals surface area contributed by atoms with E-state index in [4.69, 9.17) is 4.74 Å². The molecule has 152 valence electrons. The van der Waals surface area contributed by atoms with Gasteiger partial charge in [0, 0.05) is 43.1 Å². The molecule has 0 radical (unpaired) electrons. The number of carbonyl (C=O) groups excluding carboxylic acids is 1. The second-order valence-electron chi connectivity index (χ2n) is 9.05. The van der Waals surface area contributed by atoms with Gasteiger partial charge in [0.2, 0.25) is 0 Å². The first-order valence-electron chi connectivity index (χ1n) is 9.94. The maximum atomic E-state index is 15.0. The Balaban J connectivity index is 1.45. The van der Waals surface area contributed by atoms with Crippen LogP contribution in [-0.4, -0.2) is 49.4 Å². The topological polar surface area (TPSA) is 76.0 Å². The minimum absolute atomic E-state index is 0.149. The van der Waals surface area contributed by atoms with E-state index in [9.17, 15) is 9.18 Å². The van der Waals surface area contributed by atoms with Gasteiger partial charge in [0.15, 0.2) is 0 Å². The summed E-state index contributed by atoms with van der Waals surface area (Å²) in [7, 11) is 0. The highest BCUT2D eigenvalue weighted by atomic mass is 19.1. The molecule has 2 aliphatic rings. The fourth-order valence-corrected chi connectivity index (χ4v) is 4.52. The highest BCUT2D eigenvalue weighted by molar-refractivity contribution is 5.81. The van der Waals surface area contributed by atoms with Crippen molar-refractivity contribution in [1.82, 2.24) is 24.6 Å². The van der Waals surface area contributed by atoms with Crippen LogP contribution in [0.5, 0.6) is 0 Å².